The first-order valence-electron chi connectivity index (χ1n) is 3.95. The van der Waals surface area contributed by atoms with Crippen LogP contribution in [0.15, 0.2) is 0 Å². The predicted octanol–water partition coefficient (Wildman–Crippen LogP) is -1.89. The second-order valence-corrected chi connectivity index (χ2v) is 5.03. The maximum Gasteiger partial charge on any atom is 1.00 e. The van der Waals surface area contributed by atoms with E-state index in [1.165, 1.54) is 0 Å². The van der Waals surface area contributed by atoms with Crippen LogP contribution in [0.5, 0.6) is 0 Å². The van der Waals surface area contributed by atoms with Gasteiger partial charge in [-0.3, -0.25) is 0 Å². The molecule has 0 unspecified atom stereocenters. The molecule has 1 rings (SSSR count). The second kappa shape index (κ2) is 5.43. The van der Waals surface area contributed by atoms with E-state index >= 15 is 0 Å². The first-order chi connectivity index (χ1) is 5.00. The maximum absolute atomic E-state index is 10.5. The van der Waals surface area contributed by atoms with Crippen LogP contribution in [0.3, 0.4) is 0 Å². The average molecular weight is 216 g/mol. The van der Waals surface area contributed by atoms with E-state index in [-0.39, 0.29) is 51.4 Å². The Balaban J connectivity index is 0.00000121. The first-order valence-corrected chi connectivity index (χ1v) is 5.42. The van der Waals surface area contributed by atoms with Gasteiger partial charge in [0.2, 0.25) is 0 Å². The molecule has 1 aliphatic rings. The molecule has 0 bridgehead atoms. The summed E-state index contributed by atoms with van der Waals surface area (Å²) >= 11 is 0. The predicted molar refractivity (Wildman–Crippen MR) is 41.1 cm³/mol. The molecule has 5 heteroatoms. The van der Waals surface area contributed by atoms with Gasteiger partial charge in [0.15, 0.2) is 0 Å². The van der Waals surface area contributed by atoms with Crippen LogP contribution >= 0.6 is 0 Å². The van der Waals surface area contributed by atoms with Gasteiger partial charge >= 0.3 is 51.4 Å². The molecule has 3 nitrogen and oxygen atoms in total. The number of hydrogen-bond donors (Lipinski definition) is 0. The van der Waals surface area contributed by atoms with Crippen molar-refractivity contribution >= 4 is 10.1 Å². The molecule has 0 radical (unpaired) electrons. The van der Waals surface area contributed by atoms with Gasteiger partial charge < -0.3 is 4.55 Å². The van der Waals surface area contributed by atoms with Crippen molar-refractivity contribution in [2.75, 3.05) is 0 Å². The zero-order valence-electron chi connectivity index (χ0n) is 7.62. The molecule has 0 aromatic rings. The van der Waals surface area contributed by atoms with Crippen molar-refractivity contribution in [3.63, 3.8) is 0 Å². The molecule has 12 heavy (non-hydrogen) atoms. The van der Waals surface area contributed by atoms with E-state index in [2.05, 4.69) is 6.92 Å². The van der Waals surface area contributed by atoms with Crippen LogP contribution in [0.4, 0.5) is 0 Å². The van der Waals surface area contributed by atoms with E-state index in [1.54, 1.807) is 0 Å². The molecular formula is C7H13KO3S. The van der Waals surface area contributed by atoms with Crippen molar-refractivity contribution < 1.29 is 64.4 Å². The largest absolute Gasteiger partial charge is 1.00 e. The summed E-state index contributed by atoms with van der Waals surface area (Å²) in [5.74, 6) is 0.591. The SMILES string of the molecule is CC1CCC(S(=O)(=O)[O-])CC1.[K+]. The number of rotatable bonds is 1. The van der Waals surface area contributed by atoms with Gasteiger partial charge in [-0.05, 0) is 31.6 Å². The summed E-state index contributed by atoms with van der Waals surface area (Å²) in [6.45, 7) is 2.09. The van der Waals surface area contributed by atoms with E-state index in [4.69, 9.17) is 0 Å². The molecule has 0 spiro atoms. The van der Waals surface area contributed by atoms with Gasteiger partial charge in [-0.1, -0.05) is 6.92 Å². The minimum absolute atomic E-state index is 0. The summed E-state index contributed by atoms with van der Waals surface area (Å²) in [7, 11) is -4.00. The monoisotopic (exact) mass is 216 g/mol. The molecule has 0 saturated heterocycles. The second-order valence-electron chi connectivity index (χ2n) is 3.37. The van der Waals surface area contributed by atoms with Gasteiger partial charge in [0.25, 0.3) is 0 Å². The van der Waals surface area contributed by atoms with Crippen LogP contribution in [-0.4, -0.2) is 18.2 Å². The minimum Gasteiger partial charge on any atom is -0.748 e. The fraction of sp³-hybridized carbons (Fsp3) is 1.00. The molecule has 0 heterocycles. The summed E-state index contributed by atoms with van der Waals surface area (Å²) in [5, 5.41) is -0.598. The van der Waals surface area contributed by atoms with Crippen molar-refractivity contribution in [2.45, 2.75) is 37.9 Å². The van der Waals surface area contributed by atoms with E-state index < -0.39 is 15.4 Å². The zero-order chi connectivity index (χ0) is 8.48. The van der Waals surface area contributed by atoms with E-state index in [0.29, 0.717) is 18.8 Å². The van der Waals surface area contributed by atoms with Crippen LogP contribution in [0.1, 0.15) is 32.6 Å². The molecular weight excluding hydrogens is 203 g/mol. The quantitative estimate of drug-likeness (QED) is 0.380. The third-order valence-electron chi connectivity index (χ3n) is 2.37. The molecule has 1 aliphatic carbocycles. The molecule has 0 N–H and O–H groups in total. The molecule has 66 valence electrons. The Bertz CT molecular complexity index is 217. The Labute approximate surface area is 116 Å². The summed E-state index contributed by atoms with van der Waals surface area (Å²) in [6, 6.07) is 0. The van der Waals surface area contributed by atoms with Gasteiger partial charge in [-0.15, -0.1) is 0 Å². The zero-order valence-corrected chi connectivity index (χ0v) is 11.6. The third-order valence-corrected chi connectivity index (χ3v) is 3.66. The van der Waals surface area contributed by atoms with E-state index in [0.717, 1.165) is 12.8 Å². The van der Waals surface area contributed by atoms with Gasteiger partial charge in [0.05, 0.1) is 10.1 Å². The van der Waals surface area contributed by atoms with Crippen molar-refractivity contribution in [1.82, 2.24) is 0 Å². The van der Waals surface area contributed by atoms with E-state index in [1.807, 2.05) is 0 Å². The Hall–Kier alpha value is 1.55. The van der Waals surface area contributed by atoms with Crippen molar-refractivity contribution in [3.05, 3.63) is 0 Å². The average Bonchev–Trinajstić information content (AvgIpc) is 1.86. The summed E-state index contributed by atoms with van der Waals surface area (Å²) in [6.07, 6.45) is 2.89. The Kier molecular flexibility index (Phi) is 6.13. The van der Waals surface area contributed by atoms with Crippen LogP contribution in [0, 0.1) is 5.92 Å². The molecule has 1 saturated carbocycles. The smallest absolute Gasteiger partial charge is 0.748 e. The van der Waals surface area contributed by atoms with Crippen LogP contribution in [0.25, 0.3) is 0 Å². The maximum atomic E-state index is 10.5. The van der Waals surface area contributed by atoms with Crippen molar-refractivity contribution in [1.29, 1.82) is 0 Å². The summed E-state index contributed by atoms with van der Waals surface area (Å²) in [4.78, 5) is 0. The first kappa shape index (κ1) is 13.5. The fourth-order valence-electron chi connectivity index (χ4n) is 1.52. The summed E-state index contributed by atoms with van der Waals surface area (Å²) in [5.41, 5.74) is 0. The Morgan fingerprint density at radius 2 is 1.58 bits per heavy atom. The molecule has 1 fully saturated rings. The molecule has 0 amide bonds. The fourth-order valence-corrected chi connectivity index (χ4v) is 2.37. The van der Waals surface area contributed by atoms with Crippen molar-refractivity contribution in [2.24, 2.45) is 5.92 Å². The van der Waals surface area contributed by atoms with Crippen molar-refractivity contribution in [3.8, 4) is 0 Å². The molecule has 0 aromatic carbocycles. The summed E-state index contributed by atoms with van der Waals surface area (Å²) < 4.78 is 31.6. The van der Waals surface area contributed by atoms with Gasteiger partial charge in [-0.25, -0.2) is 8.42 Å². The standard InChI is InChI=1S/C7H14O3S.K/c1-6-2-4-7(5-3-6)11(8,9)10;/h6-7H,2-5H2,1H3,(H,8,9,10);/q;+1/p-1. The van der Waals surface area contributed by atoms with Crippen LogP contribution < -0.4 is 51.4 Å². The normalized spacial score (nSPS) is 30.8. The van der Waals surface area contributed by atoms with E-state index in [9.17, 15) is 13.0 Å². The van der Waals surface area contributed by atoms with Gasteiger partial charge in [-0.2, -0.15) is 0 Å². The van der Waals surface area contributed by atoms with Gasteiger partial charge in [0, 0.05) is 5.25 Å². The molecule has 0 aromatic heterocycles. The molecule has 0 atom stereocenters. The third kappa shape index (κ3) is 4.17. The topological polar surface area (TPSA) is 57.2 Å². The molecule has 0 aliphatic heterocycles. The van der Waals surface area contributed by atoms with Crippen LogP contribution in [0.2, 0.25) is 0 Å². The Morgan fingerprint density at radius 1 is 1.17 bits per heavy atom. The number of hydrogen-bond acceptors (Lipinski definition) is 3. The Morgan fingerprint density at radius 3 is 1.92 bits per heavy atom. The van der Waals surface area contributed by atoms with Gasteiger partial charge in [0.1, 0.15) is 0 Å². The van der Waals surface area contributed by atoms with Crippen LogP contribution in [-0.2, 0) is 10.1 Å². The minimum atomic E-state index is -4.00.